The zero-order chi connectivity index (χ0) is 13.3. The van der Waals surface area contributed by atoms with Gasteiger partial charge >= 0.3 is 5.97 Å². The van der Waals surface area contributed by atoms with Crippen LogP contribution in [0.1, 0.15) is 25.7 Å². The molecule has 0 aliphatic rings. The van der Waals surface area contributed by atoms with Crippen molar-refractivity contribution in [3.63, 3.8) is 0 Å². The van der Waals surface area contributed by atoms with E-state index in [1.54, 1.807) is 0 Å². The van der Waals surface area contributed by atoms with Crippen LogP contribution in [0.25, 0.3) is 0 Å². The number of rotatable bonds is 9. The molecule has 0 aliphatic heterocycles. The molecular formula is C11H20O6. The zero-order valence-corrected chi connectivity index (χ0v) is 9.71. The van der Waals surface area contributed by atoms with E-state index in [9.17, 15) is 15.0 Å². The van der Waals surface area contributed by atoms with Crippen molar-refractivity contribution in [2.24, 2.45) is 0 Å². The molecule has 6 nitrogen and oxygen atoms in total. The van der Waals surface area contributed by atoms with Gasteiger partial charge in [0.1, 0.15) is 0 Å². The summed E-state index contributed by atoms with van der Waals surface area (Å²) in [6.07, 6.45) is -1.40. The van der Waals surface area contributed by atoms with Crippen LogP contribution in [0.2, 0.25) is 0 Å². The van der Waals surface area contributed by atoms with Crippen LogP contribution in [0, 0.1) is 0 Å². The Morgan fingerprint density at radius 1 is 1.12 bits per heavy atom. The summed E-state index contributed by atoms with van der Waals surface area (Å²) in [5.74, 6) is -0.874. The second-order valence-corrected chi connectivity index (χ2v) is 3.63. The number of aliphatic hydroxyl groups excluding tert-OH is 4. The molecule has 0 aromatic rings. The van der Waals surface area contributed by atoms with Crippen LogP contribution in [-0.4, -0.2) is 52.0 Å². The van der Waals surface area contributed by atoms with Crippen molar-refractivity contribution in [1.82, 2.24) is 0 Å². The molecular weight excluding hydrogens is 228 g/mol. The molecule has 0 bridgehead atoms. The van der Waals surface area contributed by atoms with Crippen molar-refractivity contribution in [2.45, 2.75) is 38.1 Å². The molecule has 100 valence electrons. The van der Waals surface area contributed by atoms with E-state index >= 15 is 0 Å². The van der Waals surface area contributed by atoms with E-state index in [1.165, 1.54) is 0 Å². The fourth-order valence-corrected chi connectivity index (χ4v) is 1.12. The maximum absolute atomic E-state index is 11.4. The number of esters is 1. The van der Waals surface area contributed by atoms with E-state index in [0.717, 1.165) is 0 Å². The first kappa shape index (κ1) is 16.1. The third-order valence-corrected chi connectivity index (χ3v) is 2.15. The fourth-order valence-electron chi connectivity index (χ4n) is 1.12. The normalized spacial score (nSPS) is 14.1. The highest BCUT2D eigenvalue weighted by molar-refractivity contribution is 5.88. The summed E-state index contributed by atoms with van der Waals surface area (Å²) in [6, 6.07) is 0. The third-order valence-electron chi connectivity index (χ3n) is 2.15. The second-order valence-electron chi connectivity index (χ2n) is 3.63. The summed E-state index contributed by atoms with van der Waals surface area (Å²) in [5.41, 5.74) is -0.151. The van der Waals surface area contributed by atoms with E-state index in [-0.39, 0.29) is 31.6 Å². The highest BCUT2D eigenvalue weighted by atomic mass is 16.6. The predicted molar refractivity (Wildman–Crippen MR) is 59.9 cm³/mol. The van der Waals surface area contributed by atoms with Crippen LogP contribution in [-0.2, 0) is 9.53 Å². The molecule has 0 aliphatic carbocycles. The Labute approximate surface area is 100 Å². The maximum atomic E-state index is 11.4. The Morgan fingerprint density at radius 2 is 1.65 bits per heavy atom. The SMILES string of the molecule is C=C(C(=O)OC(O)CCCO)C(O)CCCO. The summed E-state index contributed by atoms with van der Waals surface area (Å²) >= 11 is 0. The Balaban J connectivity index is 3.99. The molecule has 17 heavy (non-hydrogen) atoms. The molecule has 0 rings (SSSR count). The minimum Gasteiger partial charge on any atom is -0.433 e. The van der Waals surface area contributed by atoms with E-state index in [1.807, 2.05) is 0 Å². The van der Waals surface area contributed by atoms with Crippen LogP contribution in [0.3, 0.4) is 0 Å². The van der Waals surface area contributed by atoms with Crippen molar-refractivity contribution in [2.75, 3.05) is 13.2 Å². The molecule has 0 aromatic carbocycles. The van der Waals surface area contributed by atoms with E-state index in [0.29, 0.717) is 12.8 Å². The van der Waals surface area contributed by atoms with Gasteiger partial charge in [0.25, 0.3) is 0 Å². The van der Waals surface area contributed by atoms with Gasteiger partial charge in [-0.25, -0.2) is 4.79 Å². The maximum Gasteiger partial charge on any atom is 0.338 e. The largest absolute Gasteiger partial charge is 0.433 e. The number of carbonyl (C=O) groups excluding carboxylic acids is 1. The van der Waals surface area contributed by atoms with Crippen LogP contribution in [0.5, 0.6) is 0 Å². The van der Waals surface area contributed by atoms with Gasteiger partial charge in [-0.1, -0.05) is 6.58 Å². The number of hydrogen-bond acceptors (Lipinski definition) is 6. The van der Waals surface area contributed by atoms with E-state index in [2.05, 4.69) is 11.3 Å². The van der Waals surface area contributed by atoms with E-state index < -0.39 is 18.4 Å². The summed E-state index contributed by atoms with van der Waals surface area (Å²) in [7, 11) is 0. The highest BCUT2D eigenvalue weighted by Crippen LogP contribution is 2.10. The van der Waals surface area contributed by atoms with Crippen molar-refractivity contribution in [3.8, 4) is 0 Å². The van der Waals surface area contributed by atoms with Crippen molar-refractivity contribution in [1.29, 1.82) is 0 Å². The first-order valence-electron chi connectivity index (χ1n) is 5.50. The summed E-state index contributed by atoms with van der Waals surface area (Å²) < 4.78 is 4.60. The quantitative estimate of drug-likeness (QED) is 0.244. The van der Waals surface area contributed by atoms with Gasteiger partial charge in [-0.3, -0.25) is 0 Å². The number of ether oxygens (including phenoxy) is 1. The Morgan fingerprint density at radius 3 is 2.18 bits per heavy atom. The van der Waals surface area contributed by atoms with E-state index in [4.69, 9.17) is 10.2 Å². The Kier molecular flexibility index (Phi) is 8.61. The van der Waals surface area contributed by atoms with Crippen molar-refractivity contribution >= 4 is 5.97 Å². The lowest BCUT2D eigenvalue weighted by molar-refractivity contribution is -0.165. The fraction of sp³-hybridized carbons (Fsp3) is 0.727. The van der Waals surface area contributed by atoms with Crippen LogP contribution in [0.4, 0.5) is 0 Å². The molecule has 0 radical (unpaired) electrons. The standard InChI is InChI=1S/C11H20O6/c1-8(9(14)4-2-6-12)11(16)17-10(15)5-3-7-13/h9-10,12-15H,1-7H2. The molecule has 2 unspecified atom stereocenters. The van der Waals surface area contributed by atoms with Crippen LogP contribution in [0.15, 0.2) is 12.2 Å². The average Bonchev–Trinajstić information content (AvgIpc) is 2.32. The van der Waals surface area contributed by atoms with Crippen molar-refractivity contribution < 1.29 is 30.0 Å². The first-order chi connectivity index (χ1) is 8.02. The van der Waals surface area contributed by atoms with Crippen LogP contribution < -0.4 is 0 Å². The summed E-state index contributed by atoms with van der Waals surface area (Å²) in [4.78, 5) is 11.4. The topological polar surface area (TPSA) is 107 Å². The lowest BCUT2D eigenvalue weighted by atomic mass is 10.1. The Hall–Kier alpha value is -0.950. The zero-order valence-electron chi connectivity index (χ0n) is 9.71. The van der Waals surface area contributed by atoms with Gasteiger partial charge in [0.05, 0.1) is 11.7 Å². The van der Waals surface area contributed by atoms with Gasteiger partial charge in [-0.2, -0.15) is 0 Å². The predicted octanol–water partition coefficient (Wildman–Crippen LogP) is -0.690. The molecule has 0 aromatic heterocycles. The van der Waals surface area contributed by atoms with Gasteiger partial charge in [-0.15, -0.1) is 0 Å². The number of hydrogen-bond donors (Lipinski definition) is 4. The lowest BCUT2D eigenvalue weighted by Crippen LogP contribution is -2.24. The molecule has 0 saturated heterocycles. The molecule has 0 saturated carbocycles. The first-order valence-corrected chi connectivity index (χ1v) is 5.50. The molecule has 0 heterocycles. The van der Waals surface area contributed by atoms with Crippen molar-refractivity contribution in [3.05, 3.63) is 12.2 Å². The van der Waals surface area contributed by atoms with Crippen LogP contribution >= 0.6 is 0 Å². The summed E-state index contributed by atoms with van der Waals surface area (Å²) in [5, 5.41) is 35.8. The smallest absolute Gasteiger partial charge is 0.338 e. The average molecular weight is 248 g/mol. The van der Waals surface area contributed by atoms with Gasteiger partial charge in [0.2, 0.25) is 6.29 Å². The second kappa shape index (κ2) is 9.12. The molecule has 4 N–H and O–H groups in total. The van der Waals surface area contributed by atoms with Gasteiger partial charge < -0.3 is 25.2 Å². The third kappa shape index (κ3) is 7.06. The van der Waals surface area contributed by atoms with Gasteiger partial charge in [-0.05, 0) is 19.3 Å². The van der Waals surface area contributed by atoms with Gasteiger partial charge in [0, 0.05) is 19.6 Å². The number of carbonyl (C=O) groups is 1. The minimum atomic E-state index is -1.31. The number of aliphatic hydroxyl groups is 4. The molecule has 0 spiro atoms. The lowest BCUT2D eigenvalue weighted by Gasteiger charge is -2.15. The molecule has 0 fully saturated rings. The molecule has 0 amide bonds. The molecule has 2 atom stereocenters. The monoisotopic (exact) mass is 248 g/mol. The molecule has 6 heteroatoms. The van der Waals surface area contributed by atoms with Gasteiger partial charge in [0.15, 0.2) is 0 Å². The summed E-state index contributed by atoms with van der Waals surface area (Å²) in [6.45, 7) is 3.19. The Bertz CT molecular complexity index is 240. The minimum absolute atomic E-state index is 0.0848. The highest BCUT2D eigenvalue weighted by Gasteiger charge is 2.20.